The predicted octanol–water partition coefficient (Wildman–Crippen LogP) is 5.21. The van der Waals surface area contributed by atoms with Crippen LogP contribution in [0.15, 0.2) is 60.2 Å². The van der Waals surface area contributed by atoms with Crippen LogP contribution in [-0.2, 0) is 11.2 Å². The van der Waals surface area contributed by atoms with Crippen LogP contribution in [0.2, 0.25) is 0 Å². The monoisotopic (exact) mass is 399 g/mol. The summed E-state index contributed by atoms with van der Waals surface area (Å²) in [5.74, 6) is 0.253. The molecule has 1 N–H and O–H groups in total. The Balaban J connectivity index is 1.88. The molecule has 0 saturated heterocycles. The molecule has 1 heterocycles. The van der Waals surface area contributed by atoms with E-state index < -0.39 is 5.91 Å². The summed E-state index contributed by atoms with van der Waals surface area (Å²) in [7, 11) is 1.58. The molecule has 0 bridgehead atoms. The van der Waals surface area contributed by atoms with E-state index in [2.05, 4.69) is 41.1 Å². The average Bonchev–Trinajstić information content (AvgIpc) is 3.05. The molecular formula is C25H25N3O2. The molecule has 0 aliphatic rings. The van der Waals surface area contributed by atoms with Crippen molar-refractivity contribution in [3.63, 3.8) is 0 Å². The van der Waals surface area contributed by atoms with Crippen LogP contribution >= 0.6 is 0 Å². The zero-order valence-corrected chi connectivity index (χ0v) is 17.7. The third kappa shape index (κ3) is 4.44. The summed E-state index contributed by atoms with van der Waals surface area (Å²) < 4.78 is 7.25. The highest BCUT2D eigenvalue weighted by molar-refractivity contribution is 6.09. The van der Waals surface area contributed by atoms with Gasteiger partial charge < -0.3 is 14.6 Å². The number of nitriles is 1. The van der Waals surface area contributed by atoms with Crippen molar-refractivity contribution < 1.29 is 9.53 Å². The lowest BCUT2D eigenvalue weighted by atomic mass is 10.1. The number of nitrogens with one attached hydrogen (secondary N) is 1. The standard InChI is InChI=1S/C25H25N3O2/c1-5-19-6-10-23(11-7-19)28-17(2)14-20(18(28)3)15-21(16-26)25(29)27-22-8-12-24(30-4)13-9-22/h6-15H,5H2,1-4H3,(H,27,29)/b21-15-. The van der Waals surface area contributed by atoms with Gasteiger partial charge in [0.2, 0.25) is 0 Å². The second-order valence-electron chi connectivity index (χ2n) is 7.03. The van der Waals surface area contributed by atoms with Gasteiger partial charge in [-0.2, -0.15) is 5.26 Å². The van der Waals surface area contributed by atoms with Crippen LogP contribution in [0.3, 0.4) is 0 Å². The molecule has 0 aliphatic carbocycles. The van der Waals surface area contributed by atoms with E-state index in [1.807, 2.05) is 26.0 Å². The molecule has 1 amide bonds. The third-order valence-electron chi connectivity index (χ3n) is 5.09. The van der Waals surface area contributed by atoms with E-state index in [0.717, 1.165) is 29.1 Å². The van der Waals surface area contributed by atoms with E-state index in [-0.39, 0.29) is 5.57 Å². The van der Waals surface area contributed by atoms with Gasteiger partial charge >= 0.3 is 0 Å². The number of anilines is 1. The fourth-order valence-corrected chi connectivity index (χ4v) is 3.39. The largest absolute Gasteiger partial charge is 0.497 e. The second-order valence-corrected chi connectivity index (χ2v) is 7.03. The van der Waals surface area contributed by atoms with E-state index >= 15 is 0 Å². The lowest BCUT2D eigenvalue weighted by Crippen LogP contribution is -2.13. The van der Waals surface area contributed by atoms with Gasteiger partial charge in [-0.3, -0.25) is 4.79 Å². The van der Waals surface area contributed by atoms with Crippen LogP contribution in [0.25, 0.3) is 11.8 Å². The van der Waals surface area contributed by atoms with Crippen LogP contribution in [0.4, 0.5) is 5.69 Å². The maximum Gasteiger partial charge on any atom is 0.266 e. The molecular weight excluding hydrogens is 374 g/mol. The predicted molar refractivity (Wildman–Crippen MR) is 120 cm³/mol. The molecule has 5 heteroatoms. The zero-order valence-electron chi connectivity index (χ0n) is 17.7. The Morgan fingerprint density at radius 3 is 2.37 bits per heavy atom. The number of rotatable bonds is 6. The van der Waals surface area contributed by atoms with Gasteiger partial charge in [0.05, 0.1) is 7.11 Å². The first-order valence-corrected chi connectivity index (χ1v) is 9.82. The van der Waals surface area contributed by atoms with Crippen molar-refractivity contribution in [2.45, 2.75) is 27.2 Å². The lowest BCUT2D eigenvalue weighted by molar-refractivity contribution is -0.112. The normalized spacial score (nSPS) is 11.1. The van der Waals surface area contributed by atoms with E-state index in [1.165, 1.54) is 5.56 Å². The number of ether oxygens (including phenoxy) is 1. The number of benzene rings is 2. The van der Waals surface area contributed by atoms with Crippen molar-refractivity contribution in [1.29, 1.82) is 5.26 Å². The molecule has 2 aromatic carbocycles. The van der Waals surface area contributed by atoms with Gasteiger partial charge in [-0.15, -0.1) is 0 Å². The maximum absolute atomic E-state index is 12.6. The van der Waals surface area contributed by atoms with Crippen LogP contribution in [-0.4, -0.2) is 17.6 Å². The number of amides is 1. The Hall–Kier alpha value is -3.78. The van der Waals surface area contributed by atoms with Crippen molar-refractivity contribution in [2.75, 3.05) is 12.4 Å². The van der Waals surface area contributed by atoms with Gasteiger partial charge in [0.25, 0.3) is 5.91 Å². The van der Waals surface area contributed by atoms with Gasteiger partial charge in [-0.1, -0.05) is 19.1 Å². The van der Waals surface area contributed by atoms with Crippen molar-refractivity contribution in [2.24, 2.45) is 0 Å². The Bertz CT molecular complexity index is 1110. The number of carbonyl (C=O) groups is 1. The van der Waals surface area contributed by atoms with Gasteiger partial charge in [-0.05, 0) is 79.9 Å². The molecule has 30 heavy (non-hydrogen) atoms. The molecule has 0 unspecified atom stereocenters. The number of aryl methyl sites for hydroxylation is 2. The summed E-state index contributed by atoms with van der Waals surface area (Å²) in [6, 6.07) is 19.4. The number of nitrogens with zero attached hydrogens (tertiary/aromatic N) is 2. The van der Waals surface area contributed by atoms with Gasteiger partial charge in [-0.25, -0.2) is 0 Å². The topological polar surface area (TPSA) is 67.0 Å². The van der Waals surface area contributed by atoms with Gasteiger partial charge in [0.1, 0.15) is 17.4 Å². The number of aromatic nitrogens is 1. The highest BCUT2D eigenvalue weighted by Gasteiger charge is 2.14. The second kappa shape index (κ2) is 9.15. The Kier molecular flexibility index (Phi) is 6.38. The molecule has 0 atom stereocenters. The smallest absolute Gasteiger partial charge is 0.266 e. The zero-order chi connectivity index (χ0) is 21.7. The fraction of sp³-hybridized carbons (Fsp3) is 0.200. The highest BCUT2D eigenvalue weighted by Crippen LogP contribution is 2.24. The van der Waals surface area contributed by atoms with Crippen molar-refractivity contribution >= 4 is 17.7 Å². The number of carbonyl (C=O) groups excluding carboxylic acids is 1. The number of hydrogen-bond donors (Lipinski definition) is 1. The van der Waals surface area contributed by atoms with E-state index in [4.69, 9.17) is 4.74 Å². The Morgan fingerprint density at radius 2 is 1.80 bits per heavy atom. The molecule has 0 spiro atoms. The molecule has 0 fully saturated rings. The first-order valence-electron chi connectivity index (χ1n) is 9.82. The first-order chi connectivity index (χ1) is 14.5. The minimum absolute atomic E-state index is 0.0485. The van der Waals surface area contributed by atoms with Gasteiger partial charge in [0, 0.05) is 22.8 Å². The molecule has 3 aromatic rings. The molecule has 5 nitrogen and oxygen atoms in total. The molecule has 0 radical (unpaired) electrons. The number of methoxy groups -OCH3 is 1. The van der Waals surface area contributed by atoms with E-state index in [1.54, 1.807) is 37.5 Å². The fourth-order valence-electron chi connectivity index (χ4n) is 3.39. The third-order valence-corrected chi connectivity index (χ3v) is 5.09. The summed E-state index contributed by atoms with van der Waals surface area (Å²) >= 11 is 0. The maximum atomic E-state index is 12.6. The van der Waals surface area contributed by atoms with E-state index in [0.29, 0.717) is 11.4 Å². The minimum atomic E-state index is -0.445. The summed E-state index contributed by atoms with van der Waals surface area (Å²) in [6.07, 6.45) is 2.63. The quantitative estimate of drug-likeness (QED) is 0.457. The van der Waals surface area contributed by atoms with Crippen molar-refractivity contribution in [1.82, 2.24) is 4.57 Å². The summed E-state index contributed by atoms with van der Waals surface area (Å²) in [6.45, 7) is 6.13. The van der Waals surface area contributed by atoms with Crippen LogP contribution in [0.5, 0.6) is 5.75 Å². The van der Waals surface area contributed by atoms with Crippen LogP contribution in [0.1, 0.15) is 29.4 Å². The van der Waals surface area contributed by atoms with Crippen LogP contribution in [0, 0.1) is 25.2 Å². The molecule has 0 aliphatic heterocycles. The summed E-state index contributed by atoms with van der Waals surface area (Å²) in [4.78, 5) is 12.6. The Morgan fingerprint density at radius 1 is 1.13 bits per heavy atom. The molecule has 3 rings (SSSR count). The average molecular weight is 399 g/mol. The van der Waals surface area contributed by atoms with Crippen molar-refractivity contribution in [3.05, 3.63) is 82.7 Å². The van der Waals surface area contributed by atoms with Crippen molar-refractivity contribution in [3.8, 4) is 17.5 Å². The van der Waals surface area contributed by atoms with Crippen LogP contribution < -0.4 is 10.1 Å². The SMILES string of the molecule is CCc1ccc(-n2c(C)cc(/C=C(/C#N)C(=O)Nc3ccc(OC)cc3)c2C)cc1. The molecule has 1 aromatic heterocycles. The first kappa shape index (κ1) is 20.9. The lowest BCUT2D eigenvalue weighted by Gasteiger charge is -2.10. The van der Waals surface area contributed by atoms with Gasteiger partial charge in [0.15, 0.2) is 0 Å². The summed E-state index contributed by atoms with van der Waals surface area (Å²) in [5.41, 5.74) is 5.84. The summed E-state index contributed by atoms with van der Waals surface area (Å²) in [5, 5.41) is 12.3. The Labute approximate surface area is 177 Å². The number of hydrogen-bond acceptors (Lipinski definition) is 3. The highest BCUT2D eigenvalue weighted by atomic mass is 16.5. The molecule has 0 saturated carbocycles. The minimum Gasteiger partial charge on any atom is -0.497 e. The van der Waals surface area contributed by atoms with E-state index in [9.17, 15) is 10.1 Å². The molecule has 152 valence electrons.